The van der Waals surface area contributed by atoms with E-state index in [-0.39, 0.29) is 17.5 Å². The molecule has 0 aliphatic heterocycles. The number of rotatable bonds is 5. The lowest BCUT2D eigenvalue weighted by Crippen LogP contribution is -2.06. The van der Waals surface area contributed by atoms with Gasteiger partial charge in [-0.3, -0.25) is 15.1 Å². The van der Waals surface area contributed by atoms with E-state index in [9.17, 15) is 10.1 Å². The fourth-order valence-electron chi connectivity index (χ4n) is 1.84. The summed E-state index contributed by atoms with van der Waals surface area (Å²) in [7, 11) is 1.70. The first-order chi connectivity index (χ1) is 10.0. The summed E-state index contributed by atoms with van der Waals surface area (Å²) in [6.07, 6.45) is 3.09. The van der Waals surface area contributed by atoms with Gasteiger partial charge in [0.2, 0.25) is 0 Å². The van der Waals surface area contributed by atoms with Crippen LogP contribution in [-0.4, -0.2) is 28.0 Å². The first-order valence-corrected chi connectivity index (χ1v) is 6.46. The standard InChI is InChI=1S/C14H16N4O3/c1-9(2)21-11-6-10(7-16-8-11)14-12(18(19)20)4-5-13(15-3)17-14/h4-9H,1-3H3,(H,15,17). The van der Waals surface area contributed by atoms with Crippen molar-refractivity contribution in [3.05, 3.63) is 40.7 Å². The molecular formula is C14H16N4O3. The van der Waals surface area contributed by atoms with Crippen molar-refractivity contribution in [3.8, 4) is 17.0 Å². The Labute approximate surface area is 122 Å². The van der Waals surface area contributed by atoms with Crippen LogP contribution in [0, 0.1) is 10.1 Å². The van der Waals surface area contributed by atoms with Gasteiger partial charge in [-0.25, -0.2) is 4.98 Å². The quantitative estimate of drug-likeness (QED) is 0.672. The smallest absolute Gasteiger partial charge is 0.295 e. The van der Waals surface area contributed by atoms with Gasteiger partial charge in [-0.2, -0.15) is 0 Å². The number of hydrogen-bond donors (Lipinski definition) is 1. The maximum absolute atomic E-state index is 11.2. The lowest BCUT2D eigenvalue weighted by molar-refractivity contribution is -0.384. The van der Waals surface area contributed by atoms with Gasteiger partial charge >= 0.3 is 0 Å². The second-order valence-corrected chi connectivity index (χ2v) is 4.65. The minimum absolute atomic E-state index is 0.00589. The highest BCUT2D eigenvalue weighted by atomic mass is 16.6. The van der Waals surface area contributed by atoms with Gasteiger partial charge in [0.25, 0.3) is 5.69 Å². The van der Waals surface area contributed by atoms with E-state index < -0.39 is 4.92 Å². The van der Waals surface area contributed by atoms with E-state index in [1.165, 1.54) is 12.3 Å². The third-order valence-corrected chi connectivity index (χ3v) is 2.69. The second-order valence-electron chi connectivity index (χ2n) is 4.65. The van der Waals surface area contributed by atoms with Gasteiger partial charge in [-0.1, -0.05) is 0 Å². The number of aromatic nitrogens is 2. The molecule has 2 aromatic rings. The average molecular weight is 288 g/mol. The van der Waals surface area contributed by atoms with Crippen molar-refractivity contribution >= 4 is 11.5 Å². The van der Waals surface area contributed by atoms with Crippen LogP contribution in [0.3, 0.4) is 0 Å². The van der Waals surface area contributed by atoms with Gasteiger partial charge in [0, 0.05) is 24.9 Å². The molecule has 0 aromatic carbocycles. The molecule has 2 rings (SSSR count). The predicted molar refractivity (Wildman–Crippen MR) is 79.4 cm³/mol. The molecule has 2 heterocycles. The van der Waals surface area contributed by atoms with E-state index in [1.807, 2.05) is 13.8 Å². The summed E-state index contributed by atoms with van der Waals surface area (Å²) < 4.78 is 5.56. The number of nitro groups is 1. The van der Waals surface area contributed by atoms with Crippen LogP contribution in [0.5, 0.6) is 5.75 Å². The van der Waals surface area contributed by atoms with Crippen molar-refractivity contribution in [1.29, 1.82) is 0 Å². The van der Waals surface area contributed by atoms with E-state index in [2.05, 4.69) is 15.3 Å². The SMILES string of the molecule is CNc1ccc([N+](=O)[O-])c(-c2cncc(OC(C)C)c2)n1. The Balaban J connectivity index is 2.51. The van der Waals surface area contributed by atoms with Crippen LogP contribution in [0.1, 0.15) is 13.8 Å². The van der Waals surface area contributed by atoms with E-state index in [0.29, 0.717) is 17.1 Å². The number of nitrogens with one attached hydrogen (secondary N) is 1. The van der Waals surface area contributed by atoms with Crippen molar-refractivity contribution in [2.75, 3.05) is 12.4 Å². The Morgan fingerprint density at radius 2 is 2.10 bits per heavy atom. The molecule has 0 saturated carbocycles. The topological polar surface area (TPSA) is 90.2 Å². The number of pyridine rings is 2. The molecule has 7 nitrogen and oxygen atoms in total. The first-order valence-electron chi connectivity index (χ1n) is 6.46. The molecule has 0 radical (unpaired) electrons. The molecule has 2 aromatic heterocycles. The van der Waals surface area contributed by atoms with E-state index in [0.717, 1.165) is 0 Å². The molecule has 0 bridgehead atoms. The monoisotopic (exact) mass is 288 g/mol. The molecule has 0 amide bonds. The molecule has 21 heavy (non-hydrogen) atoms. The maximum atomic E-state index is 11.2. The average Bonchev–Trinajstić information content (AvgIpc) is 2.46. The Morgan fingerprint density at radius 3 is 2.71 bits per heavy atom. The van der Waals surface area contributed by atoms with Gasteiger partial charge in [-0.15, -0.1) is 0 Å². The molecule has 0 saturated heterocycles. The molecule has 1 N–H and O–H groups in total. The number of anilines is 1. The van der Waals surface area contributed by atoms with E-state index >= 15 is 0 Å². The van der Waals surface area contributed by atoms with Crippen LogP contribution in [0.25, 0.3) is 11.3 Å². The Hall–Kier alpha value is -2.70. The minimum atomic E-state index is -0.461. The lowest BCUT2D eigenvalue weighted by atomic mass is 10.1. The molecule has 0 aliphatic carbocycles. The normalized spacial score (nSPS) is 10.5. The molecular weight excluding hydrogens is 272 g/mol. The van der Waals surface area contributed by atoms with Gasteiger partial charge in [0.1, 0.15) is 11.6 Å². The zero-order chi connectivity index (χ0) is 15.4. The highest BCUT2D eigenvalue weighted by Crippen LogP contribution is 2.30. The molecule has 0 unspecified atom stereocenters. The van der Waals surface area contributed by atoms with Gasteiger partial charge < -0.3 is 10.1 Å². The zero-order valence-corrected chi connectivity index (χ0v) is 12.0. The molecule has 7 heteroatoms. The number of hydrogen-bond acceptors (Lipinski definition) is 6. The summed E-state index contributed by atoms with van der Waals surface area (Å²) >= 11 is 0. The summed E-state index contributed by atoms with van der Waals surface area (Å²) in [5, 5.41) is 14.0. The van der Waals surface area contributed by atoms with Crippen molar-refractivity contribution in [1.82, 2.24) is 9.97 Å². The van der Waals surface area contributed by atoms with Crippen molar-refractivity contribution in [2.24, 2.45) is 0 Å². The van der Waals surface area contributed by atoms with E-state index in [4.69, 9.17) is 4.74 Å². The Kier molecular flexibility index (Phi) is 4.32. The largest absolute Gasteiger partial charge is 0.489 e. The fraction of sp³-hybridized carbons (Fsp3) is 0.286. The fourth-order valence-corrected chi connectivity index (χ4v) is 1.84. The highest BCUT2D eigenvalue weighted by Gasteiger charge is 2.18. The van der Waals surface area contributed by atoms with Crippen molar-refractivity contribution in [2.45, 2.75) is 20.0 Å². The summed E-state index contributed by atoms with van der Waals surface area (Å²) in [5.41, 5.74) is 0.725. The zero-order valence-electron chi connectivity index (χ0n) is 12.0. The second kappa shape index (κ2) is 6.17. The molecule has 0 aliphatic rings. The highest BCUT2D eigenvalue weighted by molar-refractivity contribution is 5.71. The van der Waals surface area contributed by atoms with Crippen LogP contribution in [0.2, 0.25) is 0 Å². The summed E-state index contributed by atoms with van der Waals surface area (Å²) in [6, 6.07) is 4.68. The van der Waals surface area contributed by atoms with Crippen LogP contribution in [0.15, 0.2) is 30.6 Å². The van der Waals surface area contributed by atoms with Gasteiger partial charge in [0.05, 0.1) is 17.2 Å². The van der Waals surface area contributed by atoms with E-state index in [1.54, 1.807) is 25.4 Å². The van der Waals surface area contributed by atoms with Crippen molar-refractivity contribution in [3.63, 3.8) is 0 Å². The molecule has 0 spiro atoms. The lowest BCUT2D eigenvalue weighted by Gasteiger charge is -2.10. The molecule has 0 atom stereocenters. The van der Waals surface area contributed by atoms with Gasteiger partial charge in [-0.05, 0) is 26.0 Å². The predicted octanol–water partition coefficient (Wildman–Crippen LogP) is 2.88. The minimum Gasteiger partial charge on any atom is -0.489 e. The first kappa shape index (κ1) is 14.7. The summed E-state index contributed by atoms with van der Waals surface area (Å²) in [4.78, 5) is 19.0. The third-order valence-electron chi connectivity index (χ3n) is 2.69. The Bertz CT molecular complexity index is 658. The Morgan fingerprint density at radius 1 is 1.33 bits per heavy atom. The van der Waals surface area contributed by atoms with Crippen LogP contribution in [0.4, 0.5) is 11.5 Å². The molecule has 0 fully saturated rings. The number of nitrogens with zero attached hydrogens (tertiary/aromatic N) is 3. The van der Waals surface area contributed by atoms with Crippen LogP contribution in [-0.2, 0) is 0 Å². The maximum Gasteiger partial charge on any atom is 0.295 e. The third kappa shape index (κ3) is 3.44. The van der Waals surface area contributed by atoms with Crippen LogP contribution >= 0.6 is 0 Å². The summed E-state index contributed by atoms with van der Waals surface area (Å²) in [6.45, 7) is 3.80. The summed E-state index contributed by atoms with van der Waals surface area (Å²) in [5.74, 6) is 1.10. The molecule has 110 valence electrons. The number of ether oxygens (including phenoxy) is 1. The van der Waals surface area contributed by atoms with Gasteiger partial charge in [0.15, 0.2) is 5.69 Å². The van der Waals surface area contributed by atoms with Crippen LogP contribution < -0.4 is 10.1 Å². The van der Waals surface area contributed by atoms with Crippen molar-refractivity contribution < 1.29 is 9.66 Å².